The maximum Gasteiger partial charge on any atom is 0.257 e. The Bertz CT molecular complexity index is 1010. The van der Waals surface area contributed by atoms with E-state index in [2.05, 4.69) is 15.6 Å². The van der Waals surface area contributed by atoms with Gasteiger partial charge in [-0.3, -0.25) is 14.6 Å². The van der Waals surface area contributed by atoms with Gasteiger partial charge in [-0.25, -0.2) is 0 Å². The summed E-state index contributed by atoms with van der Waals surface area (Å²) >= 11 is 0. The van der Waals surface area contributed by atoms with Crippen LogP contribution < -0.4 is 15.4 Å². The number of nitrogens with one attached hydrogen (secondary N) is 2. The number of carbonyl (C=O) groups excluding carboxylic acids is 2. The summed E-state index contributed by atoms with van der Waals surface area (Å²) in [5.41, 5.74) is 4.04. The van der Waals surface area contributed by atoms with E-state index in [0.717, 1.165) is 16.8 Å². The van der Waals surface area contributed by atoms with Gasteiger partial charge in [0.05, 0.1) is 18.2 Å². The molecular weight excluding hydrogens is 354 g/mol. The van der Waals surface area contributed by atoms with Crippen molar-refractivity contribution >= 4 is 23.2 Å². The lowest BCUT2D eigenvalue weighted by Crippen LogP contribution is -2.16. The summed E-state index contributed by atoms with van der Waals surface area (Å²) in [4.78, 5) is 29.1. The maximum absolute atomic E-state index is 12.6. The highest BCUT2D eigenvalue weighted by molar-refractivity contribution is 6.08. The van der Waals surface area contributed by atoms with Crippen LogP contribution in [0.2, 0.25) is 0 Å². The van der Waals surface area contributed by atoms with E-state index in [4.69, 9.17) is 4.74 Å². The van der Waals surface area contributed by atoms with Crippen LogP contribution >= 0.6 is 0 Å². The Morgan fingerprint density at radius 2 is 1.54 bits per heavy atom. The van der Waals surface area contributed by atoms with Crippen LogP contribution in [0.3, 0.4) is 0 Å². The third kappa shape index (κ3) is 4.35. The molecule has 0 aliphatic heterocycles. The molecule has 1 aromatic heterocycles. The number of ether oxygens (including phenoxy) is 1. The summed E-state index contributed by atoms with van der Waals surface area (Å²) in [5.74, 6) is 0.0316. The summed E-state index contributed by atoms with van der Waals surface area (Å²) in [6, 6.07) is 14.2. The van der Waals surface area contributed by atoms with Crippen LogP contribution in [0.1, 0.15) is 31.8 Å². The van der Waals surface area contributed by atoms with Gasteiger partial charge in [-0.15, -0.1) is 0 Å². The highest BCUT2D eigenvalue weighted by Gasteiger charge is 2.13. The smallest absolute Gasteiger partial charge is 0.257 e. The third-order valence-corrected chi connectivity index (χ3v) is 4.46. The Morgan fingerprint density at radius 3 is 2.18 bits per heavy atom. The number of aromatic nitrogens is 1. The zero-order chi connectivity index (χ0) is 20.1. The summed E-state index contributed by atoms with van der Waals surface area (Å²) in [7, 11) is 1.58. The number of anilines is 2. The first kappa shape index (κ1) is 19.1. The number of pyridine rings is 1. The lowest BCUT2D eigenvalue weighted by atomic mass is 10.1. The zero-order valence-electron chi connectivity index (χ0n) is 15.9. The molecule has 0 aliphatic rings. The summed E-state index contributed by atoms with van der Waals surface area (Å²) in [6.07, 6.45) is 2.86. The number of rotatable bonds is 5. The first-order valence-electron chi connectivity index (χ1n) is 8.76. The molecule has 0 saturated carbocycles. The average Bonchev–Trinajstić information content (AvgIpc) is 2.72. The fraction of sp³-hybridized carbons (Fsp3) is 0.136. The fourth-order valence-electron chi connectivity index (χ4n) is 2.65. The minimum Gasteiger partial charge on any atom is -0.497 e. The summed E-state index contributed by atoms with van der Waals surface area (Å²) in [5, 5.41) is 5.65. The number of hydrogen-bond donors (Lipinski definition) is 2. The third-order valence-electron chi connectivity index (χ3n) is 4.46. The lowest BCUT2D eigenvalue weighted by Gasteiger charge is -2.11. The van der Waals surface area contributed by atoms with Crippen molar-refractivity contribution in [3.8, 4) is 5.75 Å². The molecule has 0 bridgehead atoms. The quantitative estimate of drug-likeness (QED) is 0.700. The molecule has 0 unspecified atom stereocenters. The topological polar surface area (TPSA) is 80.3 Å². The molecule has 1 heterocycles. The van der Waals surface area contributed by atoms with E-state index in [9.17, 15) is 9.59 Å². The molecule has 2 N–H and O–H groups in total. The number of carbonyl (C=O) groups is 2. The van der Waals surface area contributed by atoms with Crippen molar-refractivity contribution in [2.45, 2.75) is 13.8 Å². The van der Waals surface area contributed by atoms with Gasteiger partial charge in [0.1, 0.15) is 5.75 Å². The number of methoxy groups -OCH3 is 1. The fourth-order valence-corrected chi connectivity index (χ4v) is 2.65. The first-order valence-corrected chi connectivity index (χ1v) is 8.76. The van der Waals surface area contributed by atoms with Crippen LogP contribution in [0, 0.1) is 13.8 Å². The van der Waals surface area contributed by atoms with Crippen LogP contribution in [-0.2, 0) is 0 Å². The van der Waals surface area contributed by atoms with E-state index in [0.29, 0.717) is 22.6 Å². The van der Waals surface area contributed by atoms with Crippen molar-refractivity contribution in [3.05, 3.63) is 83.2 Å². The van der Waals surface area contributed by atoms with Crippen molar-refractivity contribution in [1.29, 1.82) is 0 Å². The number of aryl methyl sites for hydroxylation is 1. The SMILES string of the molecule is COc1ccc(NC(=O)c2cncc(C(=O)Nc3cccc(C)c3C)c2)cc1. The van der Waals surface area contributed by atoms with Crippen LogP contribution in [0.15, 0.2) is 60.9 Å². The van der Waals surface area contributed by atoms with Crippen LogP contribution in [-0.4, -0.2) is 23.9 Å². The molecule has 6 heteroatoms. The summed E-state index contributed by atoms with van der Waals surface area (Å²) < 4.78 is 5.10. The van der Waals surface area contributed by atoms with Gasteiger partial charge in [0.25, 0.3) is 11.8 Å². The van der Waals surface area contributed by atoms with Gasteiger partial charge >= 0.3 is 0 Å². The van der Waals surface area contributed by atoms with Gasteiger partial charge < -0.3 is 15.4 Å². The number of benzene rings is 2. The molecule has 0 atom stereocenters. The van der Waals surface area contributed by atoms with Crippen LogP contribution in [0.4, 0.5) is 11.4 Å². The lowest BCUT2D eigenvalue weighted by molar-refractivity contribution is 0.102. The van der Waals surface area contributed by atoms with Crippen molar-refractivity contribution in [1.82, 2.24) is 4.98 Å². The maximum atomic E-state index is 12.6. The molecule has 0 radical (unpaired) electrons. The molecule has 0 fully saturated rings. The first-order chi connectivity index (χ1) is 13.5. The zero-order valence-corrected chi connectivity index (χ0v) is 15.9. The molecule has 2 amide bonds. The van der Waals surface area contributed by atoms with Crippen molar-refractivity contribution in [2.24, 2.45) is 0 Å². The second-order valence-corrected chi connectivity index (χ2v) is 6.35. The molecule has 3 rings (SSSR count). The van der Waals surface area contributed by atoms with Crippen LogP contribution in [0.5, 0.6) is 5.75 Å². The van der Waals surface area contributed by atoms with E-state index < -0.39 is 0 Å². The molecule has 0 aliphatic carbocycles. The Hall–Kier alpha value is -3.67. The van der Waals surface area contributed by atoms with Crippen LogP contribution in [0.25, 0.3) is 0 Å². The predicted octanol–water partition coefficient (Wildman–Crippen LogP) is 4.21. The predicted molar refractivity (Wildman–Crippen MR) is 109 cm³/mol. The minimum absolute atomic E-state index is 0.296. The molecule has 142 valence electrons. The van der Waals surface area contributed by atoms with Gasteiger partial charge in [-0.2, -0.15) is 0 Å². The van der Waals surface area contributed by atoms with Gasteiger partial charge in [0, 0.05) is 23.8 Å². The van der Waals surface area contributed by atoms with Gasteiger partial charge in [-0.05, 0) is 61.4 Å². The molecule has 0 spiro atoms. The molecule has 6 nitrogen and oxygen atoms in total. The Labute approximate surface area is 163 Å². The van der Waals surface area contributed by atoms with Crippen molar-refractivity contribution in [2.75, 3.05) is 17.7 Å². The minimum atomic E-state index is -0.348. The standard InChI is InChI=1S/C22H21N3O3/c1-14-5-4-6-20(15(14)2)25-22(27)17-11-16(12-23-13-17)21(26)24-18-7-9-19(28-3)10-8-18/h4-13H,1-3H3,(H,24,26)(H,25,27). The monoisotopic (exact) mass is 375 g/mol. The summed E-state index contributed by atoms with van der Waals surface area (Å²) in [6.45, 7) is 3.93. The number of hydrogen-bond acceptors (Lipinski definition) is 4. The second-order valence-electron chi connectivity index (χ2n) is 6.35. The van der Waals surface area contributed by atoms with Gasteiger partial charge in [-0.1, -0.05) is 12.1 Å². The Balaban J connectivity index is 1.74. The molecular formula is C22H21N3O3. The highest BCUT2D eigenvalue weighted by Crippen LogP contribution is 2.19. The van der Waals surface area contributed by atoms with E-state index in [1.54, 1.807) is 31.4 Å². The van der Waals surface area contributed by atoms with Crippen molar-refractivity contribution in [3.63, 3.8) is 0 Å². The van der Waals surface area contributed by atoms with Gasteiger partial charge in [0.15, 0.2) is 0 Å². The van der Waals surface area contributed by atoms with E-state index in [-0.39, 0.29) is 11.8 Å². The Morgan fingerprint density at radius 1 is 0.893 bits per heavy atom. The molecule has 28 heavy (non-hydrogen) atoms. The highest BCUT2D eigenvalue weighted by atomic mass is 16.5. The number of nitrogens with zero attached hydrogens (tertiary/aromatic N) is 1. The van der Waals surface area contributed by atoms with Crippen molar-refractivity contribution < 1.29 is 14.3 Å². The molecule has 0 saturated heterocycles. The normalized spacial score (nSPS) is 10.2. The van der Waals surface area contributed by atoms with Gasteiger partial charge in [0.2, 0.25) is 0 Å². The second kappa shape index (κ2) is 8.35. The number of amides is 2. The van der Waals surface area contributed by atoms with E-state index in [1.807, 2.05) is 32.0 Å². The Kier molecular flexibility index (Phi) is 5.69. The average molecular weight is 375 g/mol. The molecule has 2 aromatic carbocycles. The van der Waals surface area contributed by atoms with E-state index >= 15 is 0 Å². The molecule has 3 aromatic rings. The van der Waals surface area contributed by atoms with E-state index in [1.165, 1.54) is 18.5 Å². The largest absolute Gasteiger partial charge is 0.497 e.